The number of fused-ring (bicyclic) bond motifs is 3. The number of ether oxygens (including phenoxy) is 3. The Labute approximate surface area is 394 Å². The van der Waals surface area contributed by atoms with Crippen molar-refractivity contribution in [1.29, 1.82) is 0 Å². The molecule has 4 atom stereocenters. The fourth-order valence-electron chi connectivity index (χ4n) is 9.09. The third-order valence-electron chi connectivity index (χ3n) is 14.1. The van der Waals surface area contributed by atoms with Gasteiger partial charge in [-0.25, -0.2) is 14.2 Å². The Morgan fingerprint density at radius 3 is 2.07 bits per heavy atom. The zero-order valence-electron chi connectivity index (χ0n) is 38.9. The molecule has 67 heavy (non-hydrogen) atoms. The van der Waals surface area contributed by atoms with E-state index in [2.05, 4.69) is 44.2 Å². The van der Waals surface area contributed by atoms with E-state index < -0.39 is 56.0 Å². The lowest BCUT2D eigenvalue weighted by Gasteiger charge is -2.40. The van der Waals surface area contributed by atoms with Crippen molar-refractivity contribution in [2.75, 3.05) is 38.9 Å². The van der Waals surface area contributed by atoms with Crippen molar-refractivity contribution in [1.82, 2.24) is 25.2 Å². The third-order valence-corrected chi connectivity index (χ3v) is 18.8. The average molecular weight is 966 g/mol. The van der Waals surface area contributed by atoms with Gasteiger partial charge in [-0.3, -0.25) is 4.90 Å². The maximum absolute atomic E-state index is 16.0. The summed E-state index contributed by atoms with van der Waals surface area (Å²) in [6.07, 6.45) is -4.46. The molecule has 18 heteroatoms. The first kappa shape index (κ1) is 48.2. The highest BCUT2D eigenvalue weighted by molar-refractivity contribution is 6.74. The lowest BCUT2D eigenvalue weighted by molar-refractivity contribution is -0.139. The van der Waals surface area contributed by atoms with Gasteiger partial charge in [0.25, 0.3) is 0 Å². The van der Waals surface area contributed by atoms with Crippen LogP contribution in [0.4, 0.5) is 28.2 Å². The number of carbonyl (C=O) groups is 1. The molecule has 3 fully saturated rings. The summed E-state index contributed by atoms with van der Waals surface area (Å²) in [4.78, 5) is 30.6. The van der Waals surface area contributed by atoms with Crippen molar-refractivity contribution in [3.63, 3.8) is 0 Å². The first-order valence-corrected chi connectivity index (χ1v) is 25.7. The van der Waals surface area contributed by atoms with E-state index >= 15 is 17.6 Å². The molecule has 3 aliphatic rings. The van der Waals surface area contributed by atoms with Gasteiger partial charge in [0.1, 0.15) is 22.8 Å². The molecule has 2 saturated heterocycles. The highest BCUT2D eigenvalue weighted by Gasteiger charge is 2.55. The third kappa shape index (κ3) is 10.0. The highest BCUT2D eigenvalue weighted by atomic mass is 35.5. The van der Waals surface area contributed by atoms with Gasteiger partial charge in [0.2, 0.25) is 0 Å². The topological polar surface area (TPSA) is 131 Å². The van der Waals surface area contributed by atoms with Gasteiger partial charge >= 0.3 is 18.3 Å². The zero-order valence-corrected chi connectivity index (χ0v) is 40.7. The quantitative estimate of drug-likeness (QED) is 0.0768. The smallest absolute Gasteiger partial charge is 0.418 e. The number of amides is 1. The maximum Gasteiger partial charge on any atom is 0.418 e. The number of piperazine rings is 1. The molecule has 4 heterocycles. The van der Waals surface area contributed by atoms with Crippen LogP contribution in [0.5, 0.6) is 17.5 Å². The van der Waals surface area contributed by atoms with Gasteiger partial charge in [-0.1, -0.05) is 56.6 Å². The Hall–Kier alpha value is -5.23. The minimum absolute atomic E-state index is 0.00265. The summed E-state index contributed by atoms with van der Waals surface area (Å²) in [6.45, 7) is 13.5. The molecule has 0 radical (unpaired) electrons. The lowest BCUT2D eigenvalue weighted by atomic mass is 9.85. The Morgan fingerprint density at radius 2 is 1.54 bits per heavy atom. The molecule has 1 amide bonds. The van der Waals surface area contributed by atoms with Crippen molar-refractivity contribution < 1.29 is 46.1 Å². The second-order valence-corrected chi connectivity index (χ2v) is 24.9. The zero-order chi connectivity index (χ0) is 48.2. The van der Waals surface area contributed by atoms with Crippen LogP contribution in [0.25, 0.3) is 10.9 Å². The van der Waals surface area contributed by atoms with E-state index in [4.69, 9.17) is 40.2 Å². The van der Waals surface area contributed by atoms with Crippen LogP contribution in [-0.2, 0) is 23.7 Å². The van der Waals surface area contributed by atoms with E-state index in [9.17, 15) is 9.90 Å². The van der Waals surface area contributed by atoms with Crippen LogP contribution in [-0.4, -0.2) is 85.4 Å². The number of methoxy groups -OCH3 is 2. The monoisotopic (exact) mass is 964 g/mol. The minimum atomic E-state index is -4.86. The van der Waals surface area contributed by atoms with Gasteiger partial charge in [0, 0.05) is 54.0 Å². The molecule has 2 N–H and O–H groups in total. The molecule has 8 rings (SSSR count). The van der Waals surface area contributed by atoms with Gasteiger partial charge in [0.15, 0.2) is 14.1 Å². The number of aromatic nitrogens is 3. The van der Waals surface area contributed by atoms with E-state index in [1.54, 1.807) is 14.2 Å². The first-order chi connectivity index (χ1) is 31.6. The summed E-state index contributed by atoms with van der Waals surface area (Å²) in [5, 5.41) is 14.5. The fourth-order valence-corrected chi connectivity index (χ4v) is 10.4. The Kier molecular flexibility index (Phi) is 13.2. The van der Waals surface area contributed by atoms with Crippen LogP contribution < -0.4 is 24.4 Å². The number of aryl methyl sites for hydroxylation is 1. The first-order valence-electron chi connectivity index (χ1n) is 22.4. The predicted octanol–water partition coefficient (Wildman–Crippen LogP) is 11.1. The lowest BCUT2D eigenvalue weighted by Crippen LogP contribution is -2.56. The number of nitrogens with one attached hydrogen (secondary N) is 1. The molecule has 1 saturated carbocycles. The van der Waals surface area contributed by atoms with Crippen LogP contribution in [0, 0.1) is 18.2 Å². The molecular weight excluding hydrogens is 908 g/mol. The molecule has 2 aliphatic heterocycles. The minimum Gasteiger partial charge on any atom is -0.497 e. The van der Waals surface area contributed by atoms with Gasteiger partial charge in [-0.15, -0.1) is 0 Å². The molecule has 2 aromatic heterocycles. The van der Waals surface area contributed by atoms with Crippen molar-refractivity contribution in [2.45, 2.75) is 108 Å². The van der Waals surface area contributed by atoms with Crippen LogP contribution in [0.1, 0.15) is 85.6 Å². The number of hydrogen-bond acceptors (Lipinski definition) is 10. The fraction of sp³-hybridized carbons (Fsp3) is 0.469. The van der Waals surface area contributed by atoms with E-state index in [1.807, 2.05) is 53.4 Å². The van der Waals surface area contributed by atoms with Gasteiger partial charge in [-0.2, -0.15) is 23.1 Å². The second-order valence-electron chi connectivity index (χ2n) is 19.7. The molecule has 5 aromatic rings. The largest absolute Gasteiger partial charge is 0.497 e. The summed E-state index contributed by atoms with van der Waals surface area (Å²) < 4.78 is 86.2. The van der Waals surface area contributed by atoms with E-state index in [-0.39, 0.29) is 87.8 Å². The SMILES string of the molecule is COc1ccc(CN(Cc2ccc(OC)cc2)c2cc(C)c(C(F)(F)F)c(C3CC4CNC(c5nc(OCC6(CO[Si](C)(C)C(C)(C)C)CC6)nc6c(F)cc(Cl)cc56)C3N4C(=O)O)n2)cc1. The number of benzene rings is 3. The predicted molar refractivity (Wildman–Crippen MR) is 250 cm³/mol. The van der Waals surface area contributed by atoms with Gasteiger partial charge < -0.3 is 34.0 Å². The molecular formula is C49H57ClF4N6O6Si. The molecule has 358 valence electrons. The Balaban J connectivity index is 1.22. The van der Waals surface area contributed by atoms with Crippen LogP contribution in [0.3, 0.4) is 0 Å². The average Bonchev–Trinajstić information content (AvgIpc) is 3.99. The summed E-state index contributed by atoms with van der Waals surface area (Å²) in [7, 11) is 1.04. The molecule has 3 aromatic carbocycles. The maximum atomic E-state index is 16.0. The van der Waals surface area contributed by atoms with Gasteiger partial charge in [-0.05, 0) is 103 Å². The Bertz CT molecular complexity index is 2580. The number of rotatable bonds is 15. The van der Waals surface area contributed by atoms with E-state index in [0.717, 1.165) is 30.0 Å². The Morgan fingerprint density at radius 1 is 0.925 bits per heavy atom. The number of nitrogens with zero attached hydrogens (tertiary/aromatic N) is 5. The molecule has 12 nitrogen and oxygen atoms in total. The van der Waals surface area contributed by atoms with Crippen molar-refractivity contribution >= 4 is 42.7 Å². The summed E-state index contributed by atoms with van der Waals surface area (Å²) in [5.74, 6) is -0.297. The summed E-state index contributed by atoms with van der Waals surface area (Å²) in [5.41, 5.74) is 0.133. The molecule has 1 aliphatic carbocycles. The van der Waals surface area contributed by atoms with Crippen molar-refractivity contribution in [2.24, 2.45) is 5.41 Å². The second kappa shape index (κ2) is 18.3. The number of pyridine rings is 1. The molecule has 4 unspecified atom stereocenters. The molecule has 0 spiro atoms. The molecule has 2 bridgehead atoms. The number of carboxylic acid groups (broad SMARTS) is 1. The number of alkyl halides is 3. The van der Waals surface area contributed by atoms with Crippen LogP contribution >= 0.6 is 11.6 Å². The van der Waals surface area contributed by atoms with E-state index in [1.165, 1.54) is 24.0 Å². The van der Waals surface area contributed by atoms with Crippen LogP contribution in [0.2, 0.25) is 23.2 Å². The van der Waals surface area contributed by atoms with E-state index in [0.29, 0.717) is 18.1 Å². The summed E-state index contributed by atoms with van der Waals surface area (Å²) >= 11 is 6.46. The van der Waals surface area contributed by atoms with Gasteiger partial charge in [0.05, 0.1) is 49.9 Å². The highest BCUT2D eigenvalue weighted by Crippen LogP contribution is 2.51. The van der Waals surface area contributed by atoms with Crippen molar-refractivity contribution in [3.8, 4) is 17.5 Å². The summed E-state index contributed by atoms with van der Waals surface area (Å²) in [6, 6.07) is 15.7. The van der Waals surface area contributed by atoms with Crippen molar-refractivity contribution in [3.05, 3.63) is 111 Å². The number of halogens is 5. The number of hydrogen-bond donors (Lipinski definition) is 2. The normalized spacial score (nSPS) is 20.2. The standard InChI is InChI=1S/C49H57ClF4N6O6Si/c1-28-19-38(59(24-29-9-13-33(63-5)14-10-29)25-30-11-15-34(64-6)16-12-30)56-41(39(28)49(52,53)54)36-22-32-23-55-43(44(36)60(32)46(61)62)42-35-20-31(50)21-37(51)40(35)57-45(58-42)65-26-48(17-18-48)27-66-67(7,8)47(2,3)4/h9-16,19-21,32,36,43-44,55H,17-18,22-27H2,1-8H3,(H,61,62). The van der Waals surface area contributed by atoms with Crippen LogP contribution in [0.15, 0.2) is 66.7 Å². The number of anilines is 1.